The van der Waals surface area contributed by atoms with Gasteiger partial charge in [-0.25, -0.2) is 13.6 Å². The Hall–Kier alpha value is -2.49. The average molecular weight is 314 g/mol. The van der Waals surface area contributed by atoms with Crippen molar-refractivity contribution < 1.29 is 18.7 Å². The van der Waals surface area contributed by atoms with Gasteiger partial charge in [0.15, 0.2) is 0 Å². The monoisotopic (exact) mass is 314 g/mol. The van der Waals surface area contributed by atoms with Gasteiger partial charge >= 0.3 is 5.97 Å². The number of aliphatic carboxylic acids is 1. The first kappa shape index (κ1) is 15.4. The Morgan fingerprint density at radius 3 is 2.04 bits per heavy atom. The molecule has 1 aliphatic carbocycles. The predicted molar refractivity (Wildman–Crippen MR) is 83.1 cm³/mol. The maximum Gasteiger partial charge on any atom is 0.327 e. The van der Waals surface area contributed by atoms with Gasteiger partial charge in [-0.3, -0.25) is 0 Å². The summed E-state index contributed by atoms with van der Waals surface area (Å²) in [6.45, 7) is 1.91. The summed E-state index contributed by atoms with van der Waals surface area (Å²) in [5.41, 5.74) is 0.317. The van der Waals surface area contributed by atoms with Crippen LogP contribution in [0.2, 0.25) is 0 Å². The van der Waals surface area contributed by atoms with Crippen LogP contribution >= 0.6 is 0 Å². The van der Waals surface area contributed by atoms with E-state index in [1.807, 2.05) is 6.92 Å². The van der Waals surface area contributed by atoms with Crippen LogP contribution in [-0.4, -0.2) is 11.1 Å². The molecule has 0 spiro atoms. The lowest BCUT2D eigenvalue weighted by Gasteiger charge is -2.22. The van der Waals surface area contributed by atoms with Crippen molar-refractivity contribution in [1.82, 2.24) is 0 Å². The maximum absolute atomic E-state index is 13.7. The number of hydrogen-bond donors (Lipinski definition) is 1. The molecular formula is C19H16F2O2. The van der Waals surface area contributed by atoms with E-state index in [1.165, 1.54) is 24.3 Å². The van der Waals surface area contributed by atoms with Gasteiger partial charge in [-0.15, -0.1) is 0 Å². The molecule has 0 saturated heterocycles. The summed E-state index contributed by atoms with van der Waals surface area (Å²) >= 11 is 0. The number of carbonyl (C=O) groups is 1. The van der Waals surface area contributed by atoms with E-state index in [4.69, 9.17) is 5.11 Å². The third kappa shape index (κ3) is 2.54. The zero-order valence-corrected chi connectivity index (χ0v) is 12.6. The van der Waals surface area contributed by atoms with Crippen LogP contribution in [0.15, 0.2) is 60.7 Å². The fourth-order valence-electron chi connectivity index (χ4n) is 3.50. The lowest BCUT2D eigenvalue weighted by Crippen LogP contribution is -2.17. The molecule has 3 rings (SSSR count). The van der Waals surface area contributed by atoms with E-state index in [1.54, 1.807) is 30.3 Å². The first-order valence-electron chi connectivity index (χ1n) is 7.32. The highest BCUT2D eigenvalue weighted by Crippen LogP contribution is 2.68. The van der Waals surface area contributed by atoms with Crippen LogP contribution in [0.4, 0.5) is 8.78 Å². The van der Waals surface area contributed by atoms with Crippen molar-refractivity contribution >= 4 is 5.97 Å². The molecule has 4 heteroatoms. The molecule has 2 nitrogen and oxygen atoms in total. The number of benzene rings is 2. The van der Waals surface area contributed by atoms with E-state index in [2.05, 4.69) is 0 Å². The van der Waals surface area contributed by atoms with Gasteiger partial charge in [-0.2, -0.15) is 0 Å². The fourth-order valence-corrected chi connectivity index (χ4v) is 3.50. The Balaban J connectivity index is 2.15. The number of carboxylic acid groups (broad SMARTS) is 1. The first-order chi connectivity index (χ1) is 10.9. The number of rotatable bonds is 4. The van der Waals surface area contributed by atoms with Crippen LogP contribution in [0.1, 0.15) is 24.5 Å². The van der Waals surface area contributed by atoms with Crippen LogP contribution in [0, 0.1) is 17.0 Å². The van der Waals surface area contributed by atoms with Crippen molar-refractivity contribution in [3.8, 4) is 0 Å². The quantitative estimate of drug-likeness (QED) is 0.854. The van der Waals surface area contributed by atoms with Crippen molar-refractivity contribution in [1.29, 1.82) is 0 Å². The molecule has 1 aliphatic rings. The third-order valence-corrected chi connectivity index (χ3v) is 4.71. The van der Waals surface area contributed by atoms with E-state index >= 15 is 0 Å². The van der Waals surface area contributed by atoms with Crippen LogP contribution in [-0.2, 0) is 10.2 Å². The molecule has 0 amide bonds. The lowest BCUT2D eigenvalue weighted by molar-refractivity contribution is -0.131. The Kier molecular flexibility index (Phi) is 3.55. The molecule has 23 heavy (non-hydrogen) atoms. The molecule has 1 fully saturated rings. The fraction of sp³-hybridized carbons (Fsp3) is 0.211. The summed E-state index contributed by atoms with van der Waals surface area (Å²) in [7, 11) is 0. The van der Waals surface area contributed by atoms with E-state index in [0.29, 0.717) is 6.42 Å². The number of allylic oxidation sites excluding steroid dienone is 1. The minimum Gasteiger partial charge on any atom is -0.478 e. The normalized spacial score (nSPS) is 22.2. The zero-order valence-electron chi connectivity index (χ0n) is 12.6. The third-order valence-electron chi connectivity index (χ3n) is 4.71. The van der Waals surface area contributed by atoms with E-state index < -0.39 is 16.8 Å². The van der Waals surface area contributed by atoms with Crippen molar-refractivity contribution in [2.24, 2.45) is 5.41 Å². The van der Waals surface area contributed by atoms with Gasteiger partial charge < -0.3 is 5.11 Å². The smallest absolute Gasteiger partial charge is 0.327 e. The molecule has 2 aromatic carbocycles. The highest BCUT2D eigenvalue weighted by Gasteiger charge is 2.64. The topological polar surface area (TPSA) is 37.3 Å². The molecule has 0 aromatic heterocycles. The van der Waals surface area contributed by atoms with Crippen LogP contribution in [0.3, 0.4) is 0 Å². The van der Waals surface area contributed by atoms with Gasteiger partial charge in [-0.05, 0) is 41.8 Å². The Morgan fingerprint density at radius 1 is 1.09 bits per heavy atom. The van der Waals surface area contributed by atoms with Gasteiger partial charge in [0.2, 0.25) is 0 Å². The van der Waals surface area contributed by atoms with E-state index in [-0.39, 0.29) is 11.6 Å². The molecule has 118 valence electrons. The summed E-state index contributed by atoms with van der Waals surface area (Å²) in [5.74, 6) is -1.77. The Morgan fingerprint density at radius 2 is 1.61 bits per heavy atom. The molecular weight excluding hydrogens is 298 g/mol. The number of hydrogen-bond acceptors (Lipinski definition) is 1. The van der Waals surface area contributed by atoms with Crippen molar-refractivity contribution in [2.75, 3.05) is 0 Å². The van der Waals surface area contributed by atoms with Crippen LogP contribution in [0.25, 0.3) is 0 Å². The lowest BCUT2D eigenvalue weighted by atomic mass is 9.80. The molecule has 0 heterocycles. The Labute approximate surface area is 133 Å². The largest absolute Gasteiger partial charge is 0.478 e. The maximum atomic E-state index is 13.7. The minimum atomic E-state index is -1.04. The second kappa shape index (κ2) is 5.30. The highest BCUT2D eigenvalue weighted by atomic mass is 19.1. The molecule has 1 N–H and O–H groups in total. The van der Waals surface area contributed by atoms with Crippen molar-refractivity contribution in [3.05, 3.63) is 83.4 Å². The zero-order chi connectivity index (χ0) is 16.7. The summed E-state index contributed by atoms with van der Waals surface area (Å²) in [5, 5.41) is 8.90. The molecule has 1 atom stereocenters. The molecule has 2 aromatic rings. The summed E-state index contributed by atoms with van der Waals surface area (Å²) in [4.78, 5) is 10.9. The van der Waals surface area contributed by atoms with Crippen molar-refractivity contribution in [3.63, 3.8) is 0 Å². The molecule has 0 unspecified atom stereocenters. The van der Waals surface area contributed by atoms with Crippen LogP contribution < -0.4 is 0 Å². The summed E-state index contributed by atoms with van der Waals surface area (Å²) in [6, 6.07) is 12.4. The SMILES string of the molecule is C[C@]1(/C=C/C(=O)O)CC1(c1cccc(F)c1)c1cccc(F)c1. The highest BCUT2D eigenvalue weighted by molar-refractivity contribution is 5.80. The van der Waals surface area contributed by atoms with Crippen molar-refractivity contribution in [2.45, 2.75) is 18.8 Å². The first-order valence-corrected chi connectivity index (χ1v) is 7.32. The van der Waals surface area contributed by atoms with Crippen LogP contribution in [0.5, 0.6) is 0 Å². The van der Waals surface area contributed by atoms with Gasteiger partial charge in [-0.1, -0.05) is 37.3 Å². The predicted octanol–water partition coefficient (Wildman–Crippen LogP) is 4.30. The van der Waals surface area contributed by atoms with Gasteiger partial charge in [0.25, 0.3) is 0 Å². The molecule has 0 aliphatic heterocycles. The second-order valence-corrected chi connectivity index (χ2v) is 6.19. The minimum absolute atomic E-state index is 0.366. The molecule has 0 bridgehead atoms. The van der Waals surface area contributed by atoms with E-state index in [0.717, 1.165) is 17.2 Å². The number of carboxylic acids is 1. The summed E-state index contributed by atoms with van der Waals surface area (Å²) < 4.78 is 27.4. The number of halogens is 2. The average Bonchev–Trinajstić information content (AvgIpc) is 3.13. The van der Waals surface area contributed by atoms with E-state index in [9.17, 15) is 13.6 Å². The van der Waals surface area contributed by atoms with Gasteiger partial charge in [0.1, 0.15) is 11.6 Å². The van der Waals surface area contributed by atoms with Gasteiger partial charge in [0.05, 0.1) is 0 Å². The summed E-state index contributed by atoms with van der Waals surface area (Å²) in [6.07, 6.45) is 3.31. The molecule has 1 saturated carbocycles. The molecule has 0 radical (unpaired) electrons. The Bertz CT molecular complexity index is 752. The second-order valence-electron chi connectivity index (χ2n) is 6.19. The standard InChI is InChI=1S/C19H16F2O2/c1-18(9-8-17(22)23)12-19(18,13-4-2-6-15(20)10-13)14-5-3-7-16(21)11-14/h2-11H,12H2,1H3,(H,22,23)/b9-8+/t18-/m0/s1. The van der Waals surface area contributed by atoms with Gasteiger partial charge in [0, 0.05) is 16.9 Å².